The van der Waals surface area contributed by atoms with Gasteiger partial charge in [0.2, 0.25) is 0 Å². The molecule has 1 N–H and O–H groups in total. The van der Waals surface area contributed by atoms with Gasteiger partial charge in [-0.25, -0.2) is 0 Å². The third-order valence-corrected chi connectivity index (χ3v) is 1.13. The zero-order valence-corrected chi connectivity index (χ0v) is 4.87. The quantitative estimate of drug-likeness (QED) is 0.397. The second kappa shape index (κ2) is 2.80. The van der Waals surface area contributed by atoms with Crippen LogP contribution >= 0.6 is 0 Å². The second-order valence-corrected chi connectivity index (χ2v) is 1.80. The molecule has 0 aromatic rings. The number of hydrogen-bond donors (Lipinski definition) is 1. The van der Waals surface area contributed by atoms with E-state index in [1.54, 1.807) is 0 Å². The molecule has 1 saturated heterocycles. The van der Waals surface area contributed by atoms with Gasteiger partial charge in [-0.1, -0.05) is 0 Å². The van der Waals surface area contributed by atoms with Gasteiger partial charge in [-0.2, -0.15) is 0 Å². The number of carbonyl (C=O) groups excluding carboxylic acids is 1. The van der Waals surface area contributed by atoms with Gasteiger partial charge in [0.1, 0.15) is 19.5 Å². The zero-order valence-electron chi connectivity index (χ0n) is 4.87. The third-order valence-electron chi connectivity index (χ3n) is 1.13. The smallest absolute Gasteiger partial charge is 0.308 e. The summed E-state index contributed by atoms with van der Waals surface area (Å²) in [7, 11) is 0. The maximum atomic E-state index is 10.3. The minimum atomic E-state index is -0.346. The van der Waals surface area contributed by atoms with E-state index >= 15 is 0 Å². The molecule has 1 unspecified atom stereocenters. The van der Waals surface area contributed by atoms with E-state index in [2.05, 4.69) is 9.47 Å². The van der Waals surface area contributed by atoms with E-state index in [0.29, 0.717) is 0 Å². The van der Waals surface area contributed by atoms with Crippen LogP contribution in [0.15, 0.2) is 0 Å². The molecule has 52 valence electrons. The molecular formula is C5H8O4. The Hall–Kier alpha value is -0.610. The largest absolute Gasteiger partial charge is 0.463 e. The normalized spacial score (nSPS) is 26.3. The molecule has 1 aliphatic rings. The Morgan fingerprint density at radius 1 is 1.89 bits per heavy atom. The van der Waals surface area contributed by atoms with Gasteiger partial charge >= 0.3 is 5.97 Å². The molecule has 9 heavy (non-hydrogen) atoms. The second-order valence-electron chi connectivity index (χ2n) is 1.80. The predicted octanol–water partition coefficient (Wildman–Crippen LogP) is -0.732. The van der Waals surface area contributed by atoms with Crippen molar-refractivity contribution in [3.05, 3.63) is 0 Å². The Labute approximate surface area is 52.4 Å². The lowest BCUT2D eigenvalue weighted by Crippen LogP contribution is -2.12. The maximum Gasteiger partial charge on any atom is 0.308 e. The van der Waals surface area contributed by atoms with Gasteiger partial charge in [0.25, 0.3) is 0 Å². The number of aliphatic hydroxyl groups excluding tert-OH is 1. The van der Waals surface area contributed by atoms with Gasteiger partial charge in [-0.05, 0) is 0 Å². The molecule has 1 fully saturated rings. The van der Waals surface area contributed by atoms with Gasteiger partial charge in [0.05, 0.1) is 6.42 Å². The van der Waals surface area contributed by atoms with E-state index in [1.807, 2.05) is 0 Å². The Morgan fingerprint density at radius 3 is 3.11 bits per heavy atom. The molecule has 0 radical (unpaired) electrons. The summed E-state index contributed by atoms with van der Waals surface area (Å²) >= 11 is 0. The molecule has 0 aliphatic carbocycles. The highest BCUT2D eigenvalue weighted by molar-refractivity contribution is 5.71. The van der Waals surface area contributed by atoms with Crippen molar-refractivity contribution in [3.63, 3.8) is 0 Å². The number of cyclic esters (lactones) is 1. The van der Waals surface area contributed by atoms with Crippen LogP contribution in [0.1, 0.15) is 6.42 Å². The third kappa shape index (κ3) is 1.65. The molecule has 0 bridgehead atoms. The molecule has 4 heteroatoms. The summed E-state index contributed by atoms with van der Waals surface area (Å²) in [6.07, 6.45) is 0.0306. The maximum absolute atomic E-state index is 10.3. The topological polar surface area (TPSA) is 55.8 Å². The van der Waals surface area contributed by atoms with Crippen LogP contribution in [-0.4, -0.2) is 30.6 Å². The molecular weight excluding hydrogens is 124 g/mol. The zero-order chi connectivity index (χ0) is 6.69. The number of carbonyl (C=O) groups is 1. The van der Waals surface area contributed by atoms with Crippen LogP contribution in [0.4, 0.5) is 0 Å². The van der Waals surface area contributed by atoms with Gasteiger partial charge < -0.3 is 14.6 Å². The van der Waals surface area contributed by atoms with Crippen molar-refractivity contribution in [2.24, 2.45) is 0 Å². The summed E-state index contributed by atoms with van der Waals surface area (Å²) < 4.78 is 9.23. The number of ether oxygens (including phenoxy) is 2. The highest BCUT2D eigenvalue weighted by Crippen LogP contribution is 2.08. The molecule has 4 nitrogen and oxygen atoms in total. The number of aliphatic hydroxyl groups is 1. The minimum Gasteiger partial charge on any atom is -0.463 e. The average Bonchev–Trinajstić information content (AvgIpc) is 2.17. The van der Waals surface area contributed by atoms with E-state index in [1.165, 1.54) is 0 Å². The first kappa shape index (κ1) is 6.51. The minimum absolute atomic E-state index is 0.234. The first-order valence-electron chi connectivity index (χ1n) is 2.71. The SMILES string of the molecule is O=C1CC(OCO)CO1. The van der Waals surface area contributed by atoms with Crippen LogP contribution in [-0.2, 0) is 14.3 Å². The summed E-state index contributed by atoms with van der Waals surface area (Å²) in [5, 5.41) is 8.22. The molecule has 0 aromatic heterocycles. The Morgan fingerprint density at radius 2 is 2.67 bits per heavy atom. The summed E-state index contributed by atoms with van der Waals surface area (Å²) in [4.78, 5) is 10.3. The number of hydrogen-bond acceptors (Lipinski definition) is 4. The van der Waals surface area contributed by atoms with E-state index < -0.39 is 0 Å². The fourth-order valence-electron chi connectivity index (χ4n) is 0.702. The molecule has 0 aromatic carbocycles. The lowest BCUT2D eigenvalue weighted by molar-refractivity contribution is -0.137. The standard InChI is InChI=1S/C5H8O4/c6-3-9-4-1-5(7)8-2-4/h4,6H,1-3H2. The molecule has 1 rings (SSSR count). The summed E-state index contributed by atoms with van der Waals surface area (Å²) in [5.74, 6) is -0.256. The molecule has 0 spiro atoms. The molecule has 0 saturated carbocycles. The van der Waals surface area contributed by atoms with Gasteiger partial charge in [0, 0.05) is 0 Å². The van der Waals surface area contributed by atoms with Crippen LogP contribution in [0, 0.1) is 0 Å². The van der Waals surface area contributed by atoms with Crippen molar-refractivity contribution in [2.45, 2.75) is 12.5 Å². The fraction of sp³-hybridized carbons (Fsp3) is 0.800. The number of esters is 1. The Balaban J connectivity index is 2.22. The van der Waals surface area contributed by atoms with Crippen molar-refractivity contribution < 1.29 is 19.4 Å². The fourth-order valence-corrected chi connectivity index (χ4v) is 0.702. The van der Waals surface area contributed by atoms with Crippen molar-refractivity contribution in [2.75, 3.05) is 13.4 Å². The monoisotopic (exact) mass is 132 g/mol. The molecule has 0 amide bonds. The Bertz CT molecular complexity index is 112. The van der Waals surface area contributed by atoms with E-state index in [9.17, 15) is 4.79 Å². The Kier molecular flexibility index (Phi) is 2.02. The summed E-state index contributed by atoms with van der Waals surface area (Å²) in [5.41, 5.74) is 0. The van der Waals surface area contributed by atoms with Crippen molar-refractivity contribution in [3.8, 4) is 0 Å². The lowest BCUT2D eigenvalue weighted by atomic mass is 10.3. The van der Waals surface area contributed by atoms with E-state index in [0.717, 1.165) is 0 Å². The summed E-state index contributed by atoms with van der Waals surface area (Å²) in [6.45, 7) is -0.0688. The van der Waals surface area contributed by atoms with Crippen LogP contribution in [0.5, 0.6) is 0 Å². The number of rotatable bonds is 2. The van der Waals surface area contributed by atoms with Gasteiger partial charge in [-0.3, -0.25) is 4.79 Å². The first-order chi connectivity index (χ1) is 4.33. The van der Waals surface area contributed by atoms with Crippen molar-refractivity contribution in [1.82, 2.24) is 0 Å². The van der Waals surface area contributed by atoms with Crippen LogP contribution in [0.2, 0.25) is 0 Å². The molecule has 1 heterocycles. The van der Waals surface area contributed by atoms with Crippen molar-refractivity contribution in [1.29, 1.82) is 0 Å². The van der Waals surface area contributed by atoms with Crippen molar-refractivity contribution >= 4 is 5.97 Å². The van der Waals surface area contributed by atoms with Crippen LogP contribution in [0.3, 0.4) is 0 Å². The van der Waals surface area contributed by atoms with E-state index in [-0.39, 0.29) is 31.9 Å². The molecule has 1 atom stereocenters. The van der Waals surface area contributed by atoms with E-state index in [4.69, 9.17) is 5.11 Å². The van der Waals surface area contributed by atoms with Gasteiger partial charge in [0.15, 0.2) is 0 Å². The lowest BCUT2D eigenvalue weighted by Gasteiger charge is -2.02. The highest BCUT2D eigenvalue weighted by Gasteiger charge is 2.23. The first-order valence-corrected chi connectivity index (χ1v) is 2.71. The highest BCUT2D eigenvalue weighted by atomic mass is 16.6. The molecule has 1 aliphatic heterocycles. The van der Waals surface area contributed by atoms with Crippen LogP contribution < -0.4 is 0 Å². The van der Waals surface area contributed by atoms with Crippen LogP contribution in [0.25, 0.3) is 0 Å². The predicted molar refractivity (Wildman–Crippen MR) is 27.5 cm³/mol. The average molecular weight is 132 g/mol. The summed E-state index contributed by atoms with van der Waals surface area (Å²) in [6, 6.07) is 0. The van der Waals surface area contributed by atoms with Gasteiger partial charge in [-0.15, -0.1) is 0 Å².